The number of anilines is 1. The van der Waals surface area contributed by atoms with Crippen molar-refractivity contribution < 1.29 is 24.0 Å². The van der Waals surface area contributed by atoms with Gasteiger partial charge in [-0.15, -0.1) is 0 Å². The van der Waals surface area contributed by atoms with Crippen molar-refractivity contribution in [3.05, 3.63) is 69.3 Å². The first-order valence-corrected chi connectivity index (χ1v) is 7.86. The molecule has 140 valence electrons. The SMILES string of the molecule is Cc1ccc(NC(=O)NC(=O)COC(=O)c2ccccc2[N+](=O)[O-])c(C)c1. The standard InChI is InChI=1S/C18H17N3O6/c1-11-7-8-14(12(2)9-11)19-18(24)20-16(22)10-27-17(23)13-5-3-4-6-15(13)21(25)26/h3-9H,10H2,1-2H3,(H2,19,20,22,24). The van der Waals surface area contributed by atoms with Crippen molar-refractivity contribution in [1.82, 2.24) is 5.32 Å². The van der Waals surface area contributed by atoms with Crippen LogP contribution in [0.5, 0.6) is 0 Å². The molecule has 0 aromatic heterocycles. The van der Waals surface area contributed by atoms with E-state index >= 15 is 0 Å². The Bertz CT molecular complexity index is 910. The molecule has 0 aliphatic rings. The maximum absolute atomic E-state index is 11.9. The molecule has 9 heteroatoms. The second-order valence-electron chi connectivity index (χ2n) is 5.67. The van der Waals surface area contributed by atoms with Gasteiger partial charge >= 0.3 is 12.0 Å². The van der Waals surface area contributed by atoms with Gasteiger partial charge in [0.15, 0.2) is 6.61 Å². The van der Waals surface area contributed by atoms with Gasteiger partial charge in [-0.3, -0.25) is 20.2 Å². The van der Waals surface area contributed by atoms with Gasteiger partial charge in [0.1, 0.15) is 5.56 Å². The number of benzene rings is 2. The fourth-order valence-corrected chi connectivity index (χ4v) is 2.28. The number of ether oxygens (including phenoxy) is 1. The Morgan fingerprint density at radius 2 is 1.81 bits per heavy atom. The number of imide groups is 1. The van der Waals surface area contributed by atoms with E-state index in [1.165, 1.54) is 18.2 Å². The van der Waals surface area contributed by atoms with Crippen molar-refractivity contribution in [1.29, 1.82) is 0 Å². The zero-order chi connectivity index (χ0) is 20.0. The highest BCUT2D eigenvalue weighted by molar-refractivity contribution is 6.03. The molecule has 0 aliphatic carbocycles. The minimum absolute atomic E-state index is 0.282. The van der Waals surface area contributed by atoms with Crippen LogP contribution in [0, 0.1) is 24.0 Å². The topological polar surface area (TPSA) is 128 Å². The average Bonchev–Trinajstić information content (AvgIpc) is 2.62. The summed E-state index contributed by atoms with van der Waals surface area (Å²) in [5.74, 6) is -1.91. The predicted molar refractivity (Wildman–Crippen MR) is 96.5 cm³/mol. The van der Waals surface area contributed by atoms with Crippen LogP contribution in [0.4, 0.5) is 16.2 Å². The van der Waals surface area contributed by atoms with Crippen molar-refractivity contribution in [2.24, 2.45) is 0 Å². The van der Waals surface area contributed by atoms with Crippen LogP contribution in [-0.4, -0.2) is 29.4 Å². The Morgan fingerprint density at radius 3 is 2.48 bits per heavy atom. The van der Waals surface area contributed by atoms with Crippen LogP contribution < -0.4 is 10.6 Å². The number of carbonyl (C=O) groups excluding carboxylic acids is 3. The lowest BCUT2D eigenvalue weighted by Crippen LogP contribution is -2.37. The van der Waals surface area contributed by atoms with Crippen LogP contribution >= 0.6 is 0 Å². The van der Waals surface area contributed by atoms with Gasteiger partial charge in [-0.1, -0.05) is 29.8 Å². The van der Waals surface area contributed by atoms with Crippen LogP contribution in [0.25, 0.3) is 0 Å². The second kappa shape index (κ2) is 8.56. The minimum Gasteiger partial charge on any atom is -0.452 e. The van der Waals surface area contributed by atoms with E-state index in [4.69, 9.17) is 4.74 Å². The Hall–Kier alpha value is -3.75. The van der Waals surface area contributed by atoms with Crippen molar-refractivity contribution in [3.63, 3.8) is 0 Å². The monoisotopic (exact) mass is 371 g/mol. The van der Waals surface area contributed by atoms with Gasteiger partial charge in [-0.25, -0.2) is 9.59 Å². The molecule has 9 nitrogen and oxygen atoms in total. The van der Waals surface area contributed by atoms with E-state index in [-0.39, 0.29) is 5.56 Å². The molecule has 0 spiro atoms. The van der Waals surface area contributed by atoms with Gasteiger partial charge in [-0.05, 0) is 31.5 Å². The number of nitrogens with one attached hydrogen (secondary N) is 2. The first kappa shape index (κ1) is 19.6. The molecule has 0 bridgehead atoms. The molecule has 0 saturated carbocycles. The Morgan fingerprint density at radius 1 is 1.11 bits per heavy atom. The molecule has 2 aromatic carbocycles. The summed E-state index contributed by atoms with van der Waals surface area (Å²) in [7, 11) is 0. The highest BCUT2D eigenvalue weighted by Crippen LogP contribution is 2.18. The molecule has 27 heavy (non-hydrogen) atoms. The number of urea groups is 1. The van der Waals surface area contributed by atoms with Gasteiger partial charge < -0.3 is 10.1 Å². The zero-order valence-electron chi connectivity index (χ0n) is 14.6. The third-order valence-corrected chi connectivity index (χ3v) is 3.54. The quantitative estimate of drug-likeness (QED) is 0.472. The number of nitro groups is 1. The maximum Gasteiger partial charge on any atom is 0.345 e. The highest BCUT2D eigenvalue weighted by atomic mass is 16.6. The van der Waals surface area contributed by atoms with E-state index in [0.29, 0.717) is 5.69 Å². The van der Waals surface area contributed by atoms with E-state index in [0.717, 1.165) is 17.2 Å². The lowest BCUT2D eigenvalue weighted by molar-refractivity contribution is -0.385. The molecule has 2 N–H and O–H groups in total. The summed E-state index contributed by atoms with van der Waals surface area (Å²) in [6, 6.07) is 9.78. The third kappa shape index (κ3) is 5.36. The van der Waals surface area contributed by atoms with Crippen LogP contribution in [-0.2, 0) is 9.53 Å². The molecule has 0 fully saturated rings. The molecule has 2 aromatic rings. The maximum atomic E-state index is 11.9. The molecule has 0 saturated heterocycles. The smallest absolute Gasteiger partial charge is 0.345 e. The van der Waals surface area contributed by atoms with Gasteiger partial charge in [0.05, 0.1) is 4.92 Å². The van der Waals surface area contributed by atoms with Gasteiger partial charge in [0, 0.05) is 11.8 Å². The molecular weight excluding hydrogens is 354 g/mol. The van der Waals surface area contributed by atoms with E-state index in [1.807, 2.05) is 18.3 Å². The molecule has 0 aliphatic heterocycles. The van der Waals surface area contributed by atoms with Gasteiger partial charge in [-0.2, -0.15) is 0 Å². The Labute approximate surface area is 154 Å². The van der Waals surface area contributed by atoms with E-state index in [9.17, 15) is 24.5 Å². The van der Waals surface area contributed by atoms with Crippen LogP contribution in [0.3, 0.4) is 0 Å². The second-order valence-corrected chi connectivity index (χ2v) is 5.67. The number of aryl methyl sites for hydroxylation is 2. The van der Waals surface area contributed by atoms with Crippen LogP contribution in [0.15, 0.2) is 42.5 Å². The number of amides is 3. The molecule has 2 rings (SSSR count). The zero-order valence-corrected chi connectivity index (χ0v) is 14.6. The van der Waals surface area contributed by atoms with Gasteiger partial charge in [0.2, 0.25) is 0 Å². The number of hydrogen-bond acceptors (Lipinski definition) is 6. The summed E-state index contributed by atoms with van der Waals surface area (Å²) in [5.41, 5.74) is 1.66. The summed E-state index contributed by atoms with van der Waals surface area (Å²) in [6.07, 6.45) is 0. The average molecular weight is 371 g/mol. The molecule has 0 atom stereocenters. The number of rotatable bonds is 5. The number of esters is 1. The highest BCUT2D eigenvalue weighted by Gasteiger charge is 2.21. The lowest BCUT2D eigenvalue weighted by Gasteiger charge is -2.10. The molecule has 0 heterocycles. The van der Waals surface area contributed by atoms with Crippen molar-refractivity contribution >= 4 is 29.3 Å². The Kier molecular flexibility index (Phi) is 6.21. The van der Waals surface area contributed by atoms with Crippen LogP contribution in [0.2, 0.25) is 0 Å². The number of nitrogens with zero attached hydrogens (tertiary/aromatic N) is 1. The van der Waals surface area contributed by atoms with E-state index in [2.05, 4.69) is 5.32 Å². The Balaban J connectivity index is 1.89. The third-order valence-electron chi connectivity index (χ3n) is 3.54. The van der Waals surface area contributed by atoms with Crippen molar-refractivity contribution in [2.45, 2.75) is 13.8 Å². The largest absolute Gasteiger partial charge is 0.452 e. The molecular formula is C18H17N3O6. The van der Waals surface area contributed by atoms with E-state index in [1.54, 1.807) is 19.1 Å². The summed E-state index contributed by atoms with van der Waals surface area (Å²) >= 11 is 0. The number of carbonyl (C=O) groups is 3. The van der Waals surface area contributed by atoms with Crippen LogP contribution in [0.1, 0.15) is 21.5 Å². The van der Waals surface area contributed by atoms with E-state index < -0.39 is 35.1 Å². The minimum atomic E-state index is -1.03. The van der Waals surface area contributed by atoms with Gasteiger partial charge in [0.25, 0.3) is 11.6 Å². The summed E-state index contributed by atoms with van der Waals surface area (Å²) in [4.78, 5) is 45.7. The van der Waals surface area contributed by atoms with Crippen molar-refractivity contribution in [3.8, 4) is 0 Å². The predicted octanol–water partition coefficient (Wildman–Crippen LogP) is 2.72. The summed E-state index contributed by atoms with van der Waals surface area (Å²) in [6.45, 7) is 2.95. The summed E-state index contributed by atoms with van der Waals surface area (Å²) in [5, 5.41) is 15.4. The fourth-order valence-electron chi connectivity index (χ4n) is 2.28. The number of hydrogen-bond donors (Lipinski definition) is 2. The first-order valence-electron chi connectivity index (χ1n) is 7.86. The molecule has 0 radical (unpaired) electrons. The lowest BCUT2D eigenvalue weighted by atomic mass is 10.1. The molecule has 3 amide bonds. The first-order chi connectivity index (χ1) is 12.8. The molecule has 0 unspecified atom stereocenters. The van der Waals surface area contributed by atoms with Crippen molar-refractivity contribution in [2.75, 3.05) is 11.9 Å². The fraction of sp³-hybridized carbons (Fsp3) is 0.167. The summed E-state index contributed by atoms with van der Waals surface area (Å²) < 4.78 is 4.74. The number of nitro benzene ring substituents is 1. The normalized spacial score (nSPS) is 10.0. The number of para-hydroxylation sites is 1.